The molecule has 2 N–H and O–H groups in total. The summed E-state index contributed by atoms with van der Waals surface area (Å²) in [6, 6.07) is 4.56. The van der Waals surface area contributed by atoms with Crippen LogP contribution in [0.2, 0.25) is 0 Å². The van der Waals surface area contributed by atoms with Crippen molar-refractivity contribution in [2.75, 3.05) is 31.8 Å². The second-order valence-electron chi connectivity index (χ2n) is 4.55. The van der Waals surface area contributed by atoms with Crippen molar-refractivity contribution in [3.8, 4) is 5.75 Å². The van der Waals surface area contributed by atoms with Crippen molar-refractivity contribution >= 4 is 15.5 Å². The van der Waals surface area contributed by atoms with Gasteiger partial charge >= 0.3 is 0 Å². The van der Waals surface area contributed by atoms with Crippen molar-refractivity contribution in [1.29, 1.82) is 0 Å². The van der Waals surface area contributed by atoms with Gasteiger partial charge in [0.1, 0.15) is 5.75 Å². The maximum absolute atomic E-state index is 11.5. The van der Waals surface area contributed by atoms with Gasteiger partial charge in [-0.25, -0.2) is 8.42 Å². The number of anilines is 1. The Hall–Kier alpha value is -1.27. The molecule has 2 rings (SSSR count). The van der Waals surface area contributed by atoms with Crippen LogP contribution in [0.1, 0.15) is 6.42 Å². The van der Waals surface area contributed by atoms with E-state index in [0.29, 0.717) is 30.6 Å². The van der Waals surface area contributed by atoms with Crippen LogP contribution >= 0.6 is 0 Å². The van der Waals surface area contributed by atoms with Crippen LogP contribution in [0, 0.1) is 5.92 Å². The topological polar surface area (TPSA) is 78.6 Å². The first kappa shape index (κ1) is 13.2. The first-order valence-electron chi connectivity index (χ1n) is 5.76. The van der Waals surface area contributed by atoms with Crippen LogP contribution in [0.4, 0.5) is 5.69 Å². The predicted octanol–water partition coefficient (Wildman–Crippen LogP) is 1.09. The van der Waals surface area contributed by atoms with Crippen LogP contribution in [0.25, 0.3) is 0 Å². The minimum absolute atomic E-state index is 0.181. The lowest BCUT2D eigenvalue weighted by Crippen LogP contribution is -2.12. The maximum atomic E-state index is 11.5. The summed E-state index contributed by atoms with van der Waals surface area (Å²) in [6.45, 7) is 1.98. The van der Waals surface area contributed by atoms with Gasteiger partial charge in [0, 0.05) is 30.5 Å². The molecule has 0 spiro atoms. The lowest BCUT2D eigenvalue weighted by atomic mass is 10.1. The van der Waals surface area contributed by atoms with E-state index in [2.05, 4.69) is 0 Å². The van der Waals surface area contributed by atoms with E-state index in [1.54, 1.807) is 6.07 Å². The molecule has 1 aromatic carbocycles. The quantitative estimate of drug-likeness (QED) is 0.829. The van der Waals surface area contributed by atoms with Gasteiger partial charge in [-0.2, -0.15) is 0 Å². The lowest BCUT2D eigenvalue weighted by Gasteiger charge is -2.11. The highest BCUT2D eigenvalue weighted by Gasteiger charge is 2.17. The van der Waals surface area contributed by atoms with E-state index in [1.807, 2.05) is 0 Å². The number of benzene rings is 1. The highest BCUT2D eigenvalue weighted by Crippen LogP contribution is 2.23. The average Bonchev–Trinajstić information content (AvgIpc) is 2.77. The first-order chi connectivity index (χ1) is 8.45. The fourth-order valence-corrected chi connectivity index (χ4v) is 2.50. The average molecular weight is 271 g/mol. The molecule has 6 heteroatoms. The molecule has 0 aliphatic carbocycles. The van der Waals surface area contributed by atoms with E-state index in [0.717, 1.165) is 19.3 Å². The van der Waals surface area contributed by atoms with Crippen LogP contribution in [0.15, 0.2) is 23.1 Å². The van der Waals surface area contributed by atoms with Crippen molar-refractivity contribution < 1.29 is 17.9 Å². The zero-order chi connectivity index (χ0) is 13.2. The molecule has 0 amide bonds. The van der Waals surface area contributed by atoms with Gasteiger partial charge in [0.15, 0.2) is 9.84 Å². The predicted molar refractivity (Wildman–Crippen MR) is 68.4 cm³/mol. The van der Waals surface area contributed by atoms with Crippen molar-refractivity contribution in [2.45, 2.75) is 11.3 Å². The molecule has 1 fully saturated rings. The third-order valence-electron chi connectivity index (χ3n) is 2.84. The summed E-state index contributed by atoms with van der Waals surface area (Å²) in [4.78, 5) is 0.181. The van der Waals surface area contributed by atoms with E-state index in [-0.39, 0.29) is 4.90 Å². The van der Waals surface area contributed by atoms with E-state index >= 15 is 0 Å². The Morgan fingerprint density at radius 3 is 2.83 bits per heavy atom. The van der Waals surface area contributed by atoms with Crippen molar-refractivity contribution in [1.82, 2.24) is 0 Å². The Kier molecular flexibility index (Phi) is 3.77. The van der Waals surface area contributed by atoms with Gasteiger partial charge in [-0.3, -0.25) is 0 Å². The summed E-state index contributed by atoms with van der Waals surface area (Å²) in [5.74, 6) is 0.857. The normalized spacial score (nSPS) is 19.9. The third kappa shape index (κ3) is 3.36. The number of sulfone groups is 1. The lowest BCUT2D eigenvalue weighted by molar-refractivity contribution is 0.167. The molecule has 0 saturated carbocycles. The van der Waals surface area contributed by atoms with Crippen molar-refractivity contribution in [2.24, 2.45) is 5.92 Å². The Morgan fingerprint density at radius 1 is 1.44 bits per heavy atom. The molecule has 1 aliphatic rings. The fourth-order valence-electron chi connectivity index (χ4n) is 1.82. The Bertz CT molecular complexity index is 521. The van der Waals surface area contributed by atoms with Crippen LogP contribution in [0.5, 0.6) is 5.75 Å². The molecule has 0 aromatic heterocycles. The minimum Gasteiger partial charge on any atom is -0.493 e. The van der Waals surface area contributed by atoms with E-state index in [1.165, 1.54) is 12.1 Å². The molecule has 18 heavy (non-hydrogen) atoms. The molecule has 0 bridgehead atoms. The van der Waals surface area contributed by atoms with Gasteiger partial charge in [-0.05, 0) is 18.6 Å². The summed E-state index contributed by atoms with van der Waals surface area (Å²) in [5.41, 5.74) is 6.06. The van der Waals surface area contributed by atoms with E-state index in [4.69, 9.17) is 15.2 Å². The second-order valence-corrected chi connectivity index (χ2v) is 6.57. The van der Waals surface area contributed by atoms with Gasteiger partial charge in [-0.1, -0.05) is 0 Å². The van der Waals surface area contributed by atoms with Gasteiger partial charge < -0.3 is 15.2 Å². The summed E-state index contributed by atoms with van der Waals surface area (Å²) in [6.07, 6.45) is 2.12. The smallest absolute Gasteiger partial charge is 0.175 e. The number of hydrogen-bond donors (Lipinski definition) is 1. The van der Waals surface area contributed by atoms with E-state index in [9.17, 15) is 8.42 Å². The zero-order valence-electron chi connectivity index (χ0n) is 10.3. The van der Waals surface area contributed by atoms with Crippen LogP contribution in [0.3, 0.4) is 0 Å². The number of nitrogens with two attached hydrogens (primary N) is 1. The molecule has 0 radical (unpaired) electrons. The first-order valence-corrected chi connectivity index (χ1v) is 7.65. The number of hydrogen-bond acceptors (Lipinski definition) is 5. The maximum Gasteiger partial charge on any atom is 0.175 e. The summed E-state index contributed by atoms with van der Waals surface area (Å²) < 4.78 is 33.8. The van der Waals surface area contributed by atoms with Gasteiger partial charge in [0.05, 0.1) is 18.1 Å². The van der Waals surface area contributed by atoms with E-state index < -0.39 is 9.84 Å². The van der Waals surface area contributed by atoms with Crippen LogP contribution in [-0.4, -0.2) is 34.5 Å². The SMILES string of the molecule is CS(=O)(=O)c1cc(N)cc(OCC2CCOC2)c1. The molecule has 100 valence electrons. The number of ether oxygens (including phenoxy) is 2. The molecule has 1 saturated heterocycles. The number of nitrogen functional groups attached to an aromatic ring is 1. The van der Waals surface area contributed by atoms with Gasteiger partial charge in [0.2, 0.25) is 0 Å². The molecule has 1 aromatic rings. The molecule has 5 nitrogen and oxygen atoms in total. The largest absolute Gasteiger partial charge is 0.493 e. The van der Waals surface area contributed by atoms with Crippen molar-refractivity contribution in [3.63, 3.8) is 0 Å². The minimum atomic E-state index is -3.27. The molecule has 1 unspecified atom stereocenters. The summed E-state index contributed by atoms with van der Waals surface area (Å²) in [7, 11) is -3.27. The Morgan fingerprint density at radius 2 is 2.22 bits per heavy atom. The molecule has 1 heterocycles. The summed E-state index contributed by atoms with van der Waals surface area (Å²) in [5, 5.41) is 0. The molecular weight excluding hydrogens is 254 g/mol. The van der Waals surface area contributed by atoms with Gasteiger partial charge in [0.25, 0.3) is 0 Å². The van der Waals surface area contributed by atoms with Crippen LogP contribution < -0.4 is 10.5 Å². The highest BCUT2D eigenvalue weighted by atomic mass is 32.2. The zero-order valence-corrected chi connectivity index (χ0v) is 11.1. The molecular formula is C12H17NO4S. The number of rotatable bonds is 4. The standard InChI is InChI=1S/C12H17NO4S/c1-18(14,15)12-5-10(13)4-11(6-12)17-8-9-2-3-16-7-9/h4-6,9H,2-3,7-8,13H2,1H3. The van der Waals surface area contributed by atoms with Crippen LogP contribution in [-0.2, 0) is 14.6 Å². The monoisotopic (exact) mass is 271 g/mol. The fraction of sp³-hybridized carbons (Fsp3) is 0.500. The van der Waals surface area contributed by atoms with Gasteiger partial charge in [-0.15, -0.1) is 0 Å². The molecule has 1 aliphatic heterocycles. The molecule has 1 atom stereocenters. The van der Waals surface area contributed by atoms with Crippen molar-refractivity contribution in [3.05, 3.63) is 18.2 Å². The Labute approximate surface area is 107 Å². The Balaban J connectivity index is 2.10. The third-order valence-corrected chi connectivity index (χ3v) is 3.93. The highest BCUT2D eigenvalue weighted by molar-refractivity contribution is 7.90. The second kappa shape index (κ2) is 5.16. The summed E-state index contributed by atoms with van der Waals surface area (Å²) >= 11 is 0.